The van der Waals surface area contributed by atoms with E-state index in [1.54, 1.807) is 37.3 Å². The highest BCUT2D eigenvalue weighted by atomic mass is 16.2. The summed E-state index contributed by atoms with van der Waals surface area (Å²) in [5.74, 6) is 0. The lowest BCUT2D eigenvalue weighted by molar-refractivity contribution is 0.705. The first-order valence-electron chi connectivity index (χ1n) is 8.22. The van der Waals surface area contributed by atoms with Crippen LogP contribution in [0.15, 0.2) is 31.8 Å². The summed E-state index contributed by atoms with van der Waals surface area (Å²) in [6, 6.07) is 0. The molecule has 0 spiro atoms. The van der Waals surface area contributed by atoms with Gasteiger partial charge in [-0.3, -0.25) is 27.9 Å². The molecule has 0 aromatic carbocycles. The van der Waals surface area contributed by atoms with Crippen molar-refractivity contribution in [3.63, 3.8) is 0 Å². The molecule has 0 aliphatic heterocycles. The Bertz CT molecular complexity index is 1350. The molecular formula is C16H22N8O5. The zero-order chi connectivity index (χ0) is 20.9. The predicted molar refractivity (Wildman–Crippen MR) is 106 cm³/mol. The van der Waals surface area contributed by atoms with Crippen LogP contribution in [0.4, 0.5) is 0 Å². The topological polar surface area (TPSA) is 155 Å². The van der Waals surface area contributed by atoms with Gasteiger partial charge in [0.25, 0.3) is 11.1 Å². The molecule has 0 fully saturated rings. The largest absolute Gasteiger partial charge is 0.412 e. The molecule has 0 unspecified atom stereocenters. The fourth-order valence-electron chi connectivity index (χ4n) is 2.94. The van der Waals surface area contributed by atoms with Gasteiger partial charge in [-0.05, 0) is 0 Å². The third kappa shape index (κ3) is 3.10. The number of rotatable bonds is 0. The van der Waals surface area contributed by atoms with Crippen molar-refractivity contribution >= 4 is 22.3 Å². The van der Waals surface area contributed by atoms with E-state index in [2.05, 4.69) is 9.97 Å². The molecule has 0 aliphatic carbocycles. The number of hydrogen-bond acceptors (Lipinski definition) is 6. The predicted octanol–water partition coefficient (Wildman–Crippen LogP) is -2.88. The van der Waals surface area contributed by atoms with Crippen LogP contribution in [0.1, 0.15) is 0 Å². The minimum atomic E-state index is -0.360. The zero-order valence-corrected chi connectivity index (χ0v) is 16.9. The molecule has 4 aromatic heterocycles. The second-order valence-electron chi connectivity index (χ2n) is 6.47. The molecular weight excluding hydrogens is 384 g/mol. The van der Waals surface area contributed by atoms with Crippen molar-refractivity contribution in [2.75, 3.05) is 0 Å². The van der Waals surface area contributed by atoms with E-state index in [1.165, 1.54) is 35.9 Å². The highest BCUT2D eigenvalue weighted by molar-refractivity contribution is 5.70. The Morgan fingerprint density at radius 2 is 0.897 bits per heavy atom. The molecule has 0 saturated carbocycles. The van der Waals surface area contributed by atoms with Gasteiger partial charge in [-0.2, -0.15) is 0 Å². The van der Waals surface area contributed by atoms with Crippen molar-refractivity contribution in [2.24, 2.45) is 42.3 Å². The Hall–Kier alpha value is -3.74. The Balaban J connectivity index is 0.000000200. The molecule has 4 heterocycles. The van der Waals surface area contributed by atoms with Gasteiger partial charge in [0.2, 0.25) is 0 Å². The minimum Gasteiger partial charge on any atom is -0.412 e. The Labute approximate surface area is 162 Å². The van der Waals surface area contributed by atoms with E-state index < -0.39 is 0 Å². The van der Waals surface area contributed by atoms with Gasteiger partial charge < -0.3 is 14.6 Å². The lowest BCUT2D eigenvalue weighted by Crippen LogP contribution is -2.37. The molecule has 4 aromatic rings. The number of aryl methyl sites for hydroxylation is 4. The van der Waals surface area contributed by atoms with E-state index >= 15 is 0 Å². The molecule has 4 rings (SSSR count). The fourth-order valence-corrected chi connectivity index (χ4v) is 2.94. The summed E-state index contributed by atoms with van der Waals surface area (Å²) in [5, 5.41) is 0. The first-order valence-corrected chi connectivity index (χ1v) is 8.22. The third-order valence-electron chi connectivity index (χ3n) is 4.63. The maximum Gasteiger partial charge on any atom is 0.332 e. The molecule has 2 N–H and O–H groups in total. The third-order valence-corrected chi connectivity index (χ3v) is 4.63. The van der Waals surface area contributed by atoms with Gasteiger partial charge in [0.1, 0.15) is 0 Å². The highest BCUT2D eigenvalue weighted by Gasteiger charge is 2.12. The van der Waals surface area contributed by atoms with Crippen molar-refractivity contribution in [3.8, 4) is 0 Å². The number of aromatic nitrogens is 8. The van der Waals surface area contributed by atoms with Crippen LogP contribution in [0.25, 0.3) is 22.3 Å². The van der Waals surface area contributed by atoms with Crippen LogP contribution >= 0.6 is 0 Å². The van der Waals surface area contributed by atoms with Gasteiger partial charge in [0.05, 0.1) is 12.7 Å². The molecule has 29 heavy (non-hydrogen) atoms. The summed E-state index contributed by atoms with van der Waals surface area (Å²) in [4.78, 5) is 54.3. The lowest BCUT2D eigenvalue weighted by atomic mass is 10.5. The van der Waals surface area contributed by atoms with Crippen molar-refractivity contribution in [2.45, 2.75) is 0 Å². The van der Waals surface area contributed by atoms with Crippen LogP contribution < -0.4 is 22.5 Å². The average Bonchev–Trinajstić information content (AvgIpc) is 3.25. The van der Waals surface area contributed by atoms with Gasteiger partial charge in [-0.15, -0.1) is 0 Å². The van der Waals surface area contributed by atoms with Crippen molar-refractivity contribution in [3.05, 3.63) is 54.3 Å². The lowest BCUT2D eigenvalue weighted by Gasteiger charge is -2.02. The second-order valence-corrected chi connectivity index (χ2v) is 6.47. The Morgan fingerprint density at radius 3 is 1.21 bits per heavy atom. The molecule has 0 amide bonds. The summed E-state index contributed by atoms with van der Waals surface area (Å²) in [6.45, 7) is 0. The first-order chi connectivity index (χ1) is 13.1. The van der Waals surface area contributed by atoms with Gasteiger partial charge in [-0.25, -0.2) is 19.6 Å². The van der Waals surface area contributed by atoms with Crippen LogP contribution in [-0.2, 0) is 42.3 Å². The second kappa shape index (κ2) is 7.35. The SMILES string of the molecule is Cn1c(=O)c2c(ncn2C)n(C)c1=O.Cn1c(=O)c2c(ncn2C)n(C)c1=O.O. The molecule has 156 valence electrons. The van der Waals surface area contributed by atoms with Gasteiger partial charge in [0, 0.05) is 42.3 Å². The quantitative estimate of drug-likeness (QED) is 0.305. The molecule has 13 nitrogen and oxygen atoms in total. The molecule has 0 aliphatic rings. The van der Waals surface area contributed by atoms with Crippen LogP contribution in [0.5, 0.6) is 0 Å². The zero-order valence-electron chi connectivity index (χ0n) is 16.9. The summed E-state index contributed by atoms with van der Waals surface area (Å²) in [6.07, 6.45) is 3.04. The Kier molecular flexibility index (Phi) is 5.46. The van der Waals surface area contributed by atoms with Gasteiger partial charge >= 0.3 is 11.4 Å². The standard InChI is InChI=1S/2C8H10N4O2.H2O/c2*1-10-4-9-6-5(10)7(13)12(3)8(14)11(6)2;/h2*4H,1-3H3;1H2. The van der Waals surface area contributed by atoms with Gasteiger partial charge in [0.15, 0.2) is 22.3 Å². The minimum absolute atomic E-state index is 0. The summed E-state index contributed by atoms with van der Waals surface area (Å²) < 4.78 is 8.08. The average molecular weight is 406 g/mol. The van der Waals surface area contributed by atoms with Crippen LogP contribution in [-0.4, -0.2) is 42.8 Å². The van der Waals surface area contributed by atoms with Crippen molar-refractivity contribution < 1.29 is 5.48 Å². The molecule has 13 heteroatoms. The van der Waals surface area contributed by atoms with E-state index in [0.717, 1.165) is 9.13 Å². The summed E-state index contributed by atoms with van der Waals surface area (Å²) in [5.41, 5.74) is 0.360. The number of fused-ring (bicyclic) bond motifs is 2. The van der Waals surface area contributed by atoms with E-state index in [1.807, 2.05) is 0 Å². The van der Waals surface area contributed by atoms with E-state index in [9.17, 15) is 19.2 Å². The molecule has 0 saturated heterocycles. The summed E-state index contributed by atoms with van der Waals surface area (Å²) >= 11 is 0. The maximum absolute atomic E-state index is 11.7. The number of hydrogen-bond donors (Lipinski definition) is 0. The first kappa shape index (κ1) is 21.6. The van der Waals surface area contributed by atoms with E-state index in [0.29, 0.717) is 22.3 Å². The normalized spacial score (nSPS) is 10.7. The monoisotopic (exact) mass is 406 g/mol. The van der Waals surface area contributed by atoms with Crippen LogP contribution in [0.2, 0.25) is 0 Å². The van der Waals surface area contributed by atoms with Crippen LogP contribution in [0.3, 0.4) is 0 Å². The van der Waals surface area contributed by atoms with Crippen LogP contribution in [0, 0.1) is 0 Å². The Morgan fingerprint density at radius 1 is 0.586 bits per heavy atom. The van der Waals surface area contributed by atoms with E-state index in [-0.39, 0.29) is 28.0 Å². The van der Waals surface area contributed by atoms with E-state index in [4.69, 9.17) is 0 Å². The molecule has 0 radical (unpaired) electrons. The highest BCUT2D eigenvalue weighted by Crippen LogP contribution is 2.02. The number of nitrogens with zero attached hydrogens (tertiary/aromatic N) is 8. The smallest absolute Gasteiger partial charge is 0.332 e. The van der Waals surface area contributed by atoms with Crippen molar-refractivity contribution in [1.82, 2.24) is 37.4 Å². The molecule has 0 bridgehead atoms. The number of imidazole rings is 2. The van der Waals surface area contributed by atoms with Crippen molar-refractivity contribution in [1.29, 1.82) is 0 Å². The maximum atomic E-state index is 11.7. The summed E-state index contributed by atoms with van der Waals surface area (Å²) in [7, 11) is 9.55. The molecule has 0 atom stereocenters. The fraction of sp³-hybridized carbons (Fsp3) is 0.375. The van der Waals surface area contributed by atoms with Gasteiger partial charge in [-0.1, -0.05) is 0 Å².